The maximum absolute atomic E-state index is 15.7. The Balaban J connectivity index is 0.663. The molecule has 0 radical (unpaired) electrons. The van der Waals surface area contributed by atoms with Crippen molar-refractivity contribution in [3.8, 4) is 0 Å². The lowest BCUT2D eigenvalue weighted by atomic mass is 9.85. The summed E-state index contributed by atoms with van der Waals surface area (Å²) in [6.07, 6.45) is 5.05. The lowest BCUT2D eigenvalue weighted by molar-refractivity contribution is -0.135. The van der Waals surface area contributed by atoms with Crippen molar-refractivity contribution >= 4 is 51.6 Å². The maximum Gasteiger partial charge on any atom is 0.329 e. The number of imide groups is 1. The molecule has 6 fully saturated rings. The molecule has 0 spiro atoms. The predicted molar refractivity (Wildman–Crippen MR) is 230 cm³/mol. The number of aromatic nitrogens is 7. The average Bonchev–Trinajstić information content (AvgIpc) is 4.13. The molecule has 344 valence electrons. The molecule has 11 rings (SSSR count). The van der Waals surface area contributed by atoms with E-state index in [0.29, 0.717) is 73.9 Å². The van der Waals surface area contributed by atoms with Gasteiger partial charge in [-0.25, -0.2) is 27.5 Å². The van der Waals surface area contributed by atoms with Crippen LogP contribution in [0.4, 0.5) is 30.4 Å². The molecule has 2 N–H and O–H groups in total. The van der Waals surface area contributed by atoms with Gasteiger partial charge in [-0.15, -0.1) is 0 Å². The number of aryl methyl sites for hydroxylation is 1. The van der Waals surface area contributed by atoms with Gasteiger partial charge in [-0.3, -0.25) is 38.4 Å². The second-order valence-electron chi connectivity index (χ2n) is 18.5. The minimum Gasteiger partial charge on any atom is -0.374 e. The van der Waals surface area contributed by atoms with Gasteiger partial charge in [0.15, 0.2) is 11.3 Å². The van der Waals surface area contributed by atoms with Crippen molar-refractivity contribution in [3.63, 3.8) is 0 Å². The zero-order valence-corrected chi connectivity index (χ0v) is 35.9. The molecule has 5 atom stereocenters. The predicted octanol–water partition coefficient (Wildman–Crippen LogP) is 3.77. The molecule has 18 nitrogen and oxygen atoms in total. The SMILES string of the molecule is Cn1c(=O)n(C2CCC(=O)NC2=O)c2cccc(N3CC(O[C@@H]4CCN(C[C@H]5CC[C@H](n6cc(NC(=O)c7cnn8ccc(N9C[C@H]%10C[C@@H]9CO%10)nc78)c(C(F)F)n6)CC5)C[C@@H]4F)C3)c21. The van der Waals surface area contributed by atoms with Crippen molar-refractivity contribution in [2.24, 2.45) is 13.0 Å². The van der Waals surface area contributed by atoms with E-state index in [1.54, 1.807) is 24.0 Å². The number of carbonyl (C=O) groups excluding carboxylic acids is 3. The summed E-state index contributed by atoms with van der Waals surface area (Å²) < 4.78 is 62.4. The molecule has 1 saturated carbocycles. The zero-order chi connectivity index (χ0) is 44.7. The number of likely N-dealkylation sites (tertiary alicyclic amines) is 1. The number of hydrogen-bond donors (Lipinski definition) is 2. The molecule has 5 saturated heterocycles. The number of carbonyl (C=O) groups is 3. The quantitative estimate of drug-likeness (QED) is 0.184. The molecular formula is C44H51F3N12O6. The van der Waals surface area contributed by atoms with Gasteiger partial charge in [0.2, 0.25) is 11.8 Å². The van der Waals surface area contributed by atoms with Crippen LogP contribution >= 0.6 is 0 Å². The number of alkyl halides is 3. The molecule has 1 aromatic carbocycles. The van der Waals surface area contributed by atoms with Crippen LogP contribution in [0.25, 0.3) is 16.7 Å². The van der Waals surface area contributed by atoms with E-state index in [4.69, 9.17) is 14.5 Å². The van der Waals surface area contributed by atoms with Crippen molar-refractivity contribution in [1.82, 2.24) is 43.7 Å². The first-order valence-corrected chi connectivity index (χ1v) is 22.7. The first-order chi connectivity index (χ1) is 31.4. The van der Waals surface area contributed by atoms with Crippen LogP contribution in [0.3, 0.4) is 0 Å². The zero-order valence-electron chi connectivity index (χ0n) is 35.9. The minimum absolute atomic E-state index is 0.0450. The summed E-state index contributed by atoms with van der Waals surface area (Å²) in [5, 5.41) is 13.5. The largest absolute Gasteiger partial charge is 0.374 e. The highest BCUT2D eigenvalue weighted by molar-refractivity contribution is 6.08. The summed E-state index contributed by atoms with van der Waals surface area (Å²) >= 11 is 0. The molecular weight excluding hydrogens is 850 g/mol. The number of halogens is 3. The van der Waals surface area contributed by atoms with E-state index >= 15 is 4.39 Å². The monoisotopic (exact) mass is 900 g/mol. The van der Waals surface area contributed by atoms with Crippen molar-refractivity contribution in [1.29, 1.82) is 0 Å². The Morgan fingerprint density at radius 2 is 1.86 bits per heavy atom. The van der Waals surface area contributed by atoms with Crippen LogP contribution in [-0.2, 0) is 26.1 Å². The number of piperidine rings is 2. The first-order valence-electron chi connectivity index (χ1n) is 22.7. The van der Waals surface area contributed by atoms with Gasteiger partial charge in [0, 0.05) is 65.1 Å². The Morgan fingerprint density at radius 1 is 1.03 bits per heavy atom. The molecule has 1 aliphatic carbocycles. The molecule has 1 unspecified atom stereocenters. The number of para-hydroxylation sites is 1. The third kappa shape index (κ3) is 7.63. The summed E-state index contributed by atoms with van der Waals surface area (Å²) in [7, 11) is 1.67. The van der Waals surface area contributed by atoms with Crippen LogP contribution in [-0.4, -0.2) is 133 Å². The van der Waals surface area contributed by atoms with Gasteiger partial charge in [-0.1, -0.05) is 6.07 Å². The van der Waals surface area contributed by atoms with Crippen molar-refractivity contribution < 1.29 is 37.0 Å². The Hall–Kier alpha value is -5.80. The number of rotatable bonds is 11. The fraction of sp³-hybridized carbons (Fsp3) is 0.568. The first kappa shape index (κ1) is 41.9. The summed E-state index contributed by atoms with van der Waals surface area (Å²) in [6, 6.07) is 6.77. The van der Waals surface area contributed by atoms with E-state index in [2.05, 4.69) is 35.5 Å². The standard InChI is InChI=1S/C44H51F3N12O6/c1-53-39-32(3-2-4-33(39)59(44(53)63)34-9-10-37(60)51-43(34)62)55-18-28(19-55)65-35-11-13-54(21-30(35)45)17-24-5-7-25(8-6-24)58-22-31(38(52-58)40(46)47)49-42(61)29-16-48-57-14-12-36(50-41(29)57)56-20-27-15-26(56)23-64-27/h2-4,12,14,16,22,24-28,30,34-35,40H,5-11,13,15,17-21,23H2,1H3,(H,49,61)(H,51,60,62)/t24-,25-,26-,27-,30+,34?,35-/m1/s1. The third-order valence-electron chi connectivity index (χ3n) is 14.4. The van der Waals surface area contributed by atoms with Gasteiger partial charge in [0.25, 0.3) is 12.3 Å². The fourth-order valence-corrected chi connectivity index (χ4v) is 11.0. The smallest absolute Gasteiger partial charge is 0.329 e. The second-order valence-corrected chi connectivity index (χ2v) is 18.5. The van der Waals surface area contributed by atoms with E-state index in [9.17, 15) is 28.0 Å². The molecule has 5 aliphatic heterocycles. The molecule has 65 heavy (non-hydrogen) atoms. The van der Waals surface area contributed by atoms with Crippen molar-refractivity contribution in [2.45, 2.75) is 100 Å². The highest BCUT2D eigenvalue weighted by atomic mass is 19.3. The number of morpholine rings is 1. The lowest BCUT2D eigenvalue weighted by Gasteiger charge is -2.45. The van der Waals surface area contributed by atoms with Gasteiger partial charge < -0.3 is 24.6 Å². The number of imidazole rings is 1. The summed E-state index contributed by atoms with van der Waals surface area (Å²) in [6.45, 7) is 4.13. The molecule has 3 amide bonds. The number of hydrogen-bond acceptors (Lipinski definition) is 12. The maximum atomic E-state index is 15.7. The molecule has 2 bridgehead atoms. The highest BCUT2D eigenvalue weighted by Gasteiger charge is 2.41. The van der Waals surface area contributed by atoms with E-state index in [-0.39, 0.29) is 66.5 Å². The number of ether oxygens (including phenoxy) is 2. The number of nitrogens with zero attached hydrogens (tertiary/aromatic N) is 10. The van der Waals surface area contributed by atoms with Gasteiger partial charge in [-0.2, -0.15) is 10.2 Å². The van der Waals surface area contributed by atoms with Crippen LogP contribution in [0.2, 0.25) is 0 Å². The third-order valence-corrected chi connectivity index (χ3v) is 14.4. The molecule has 21 heteroatoms. The summed E-state index contributed by atoms with van der Waals surface area (Å²) in [5.74, 6) is -0.390. The van der Waals surface area contributed by atoms with Crippen LogP contribution in [0, 0.1) is 5.92 Å². The van der Waals surface area contributed by atoms with Crippen molar-refractivity contribution in [3.05, 3.63) is 64.6 Å². The van der Waals surface area contributed by atoms with E-state index in [1.165, 1.54) is 26.0 Å². The number of anilines is 3. The Bertz CT molecular complexity index is 2720. The summed E-state index contributed by atoms with van der Waals surface area (Å²) in [5.41, 5.74) is 1.77. The highest BCUT2D eigenvalue weighted by Crippen LogP contribution is 2.38. The van der Waals surface area contributed by atoms with Crippen LogP contribution in [0.15, 0.2) is 47.7 Å². The second kappa shape index (κ2) is 16.6. The van der Waals surface area contributed by atoms with Crippen LogP contribution in [0.1, 0.15) is 85.9 Å². The number of amides is 3. The topological polar surface area (TPSA) is 178 Å². The van der Waals surface area contributed by atoms with Gasteiger partial charge in [-0.05, 0) is 69.1 Å². The molecule has 9 heterocycles. The summed E-state index contributed by atoms with van der Waals surface area (Å²) in [4.78, 5) is 62.5. The Morgan fingerprint density at radius 3 is 2.60 bits per heavy atom. The normalized spacial score (nSPS) is 27.6. The molecule has 4 aromatic heterocycles. The lowest BCUT2D eigenvalue weighted by Crippen LogP contribution is -2.56. The fourth-order valence-electron chi connectivity index (χ4n) is 11.0. The van der Waals surface area contributed by atoms with E-state index in [1.807, 2.05) is 18.2 Å². The van der Waals surface area contributed by atoms with E-state index < -0.39 is 42.3 Å². The molecule has 5 aromatic rings. The Labute approximate surface area is 370 Å². The van der Waals surface area contributed by atoms with Crippen LogP contribution in [0.5, 0.6) is 0 Å². The average molecular weight is 901 g/mol. The van der Waals surface area contributed by atoms with Crippen LogP contribution < -0.4 is 26.1 Å². The number of nitrogens with one attached hydrogen (secondary N) is 2. The van der Waals surface area contributed by atoms with Gasteiger partial charge in [0.05, 0.1) is 65.6 Å². The Kier molecular flexibility index (Phi) is 10.7. The van der Waals surface area contributed by atoms with E-state index in [0.717, 1.165) is 38.0 Å². The number of benzene rings is 1. The van der Waals surface area contributed by atoms with Crippen molar-refractivity contribution in [2.75, 3.05) is 61.0 Å². The minimum atomic E-state index is -2.90. The number of fused-ring (bicyclic) bond motifs is 4. The van der Waals surface area contributed by atoms with Gasteiger partial charge >= 0.3 is 5.69 Å². The molecule has 6 aliphatic rings. The van der Waals surface area contributed by atoms with Gasteiger partial charge in [0.1, 0.15) is 23.6 Å².